The third-order valence-electron chi connectivity index (χ3n) is 2.42. The van der Waals surface area contributed by atoms with Gasteiger partial charge in [0, 0.05) is 0 Å². The van der Waals surface area contributed by atoms with Gasteiger partial charge in [-0.25, -0.2) is 4.39 Å². The van der Waals surface area contributed by atoms with Crippen LogP contribution in [-0.2, 0) is 4.79 Å². The van der Waals surface area contributed by atoms with Crippen LogP contribution in [0.2, 0.25) is 0 Å². The molecule has 0 radical (unpaired) electrons. The van der Waals surface area contributed by atoms with Crippen LogP contribution >= 0.6 is 0 Å². The summed E-state index contributed by atoms with van der Waals surface area (Å²) in [7, 11) is 0. The van der Waals surface area contributed by atoms with Gasteiger partial charge in [-0.3, -0.25) is 4.79 Å². The monoisotopic (exact) mass is 179 g/mol. The largest absolute Gasteiger partial charge is 0.348 e. The van der Waals surface area contributed by atoms with Crippen molar-refractivity contribution in [3.63, 3.8) is 0 Å². The number of hydrogen-bond donors (Lipinski definition) is 1. The van der Waals surface area contributed by atoms with Crippen LogP contribution in [0.3, 0.4) is 0 Å². The van der Waals surface area contributed by atoms with E-state index in [1.54, 1.807) is 6.07 Å². The molecule has 13 heavy (non-hydrogen) atoms. The number of nitrogens with one attached hydrogen (secondary N) is 1. The first-order chi connectivity index (χ1) is 6.18. The van der Waals surface area contributed by atoms with Crippen molar-refractivity contribution >= 4 is 5.91 Å². The summed E-state index contributed by atoms with van der Waals surface area (Å²) in [5.41, 5.74) is 0.840. The number of hydrogen-bond acceptors (Lipinski definition) is 1. The van der Waals surface area contributed by atoms with E-state index in [2.05, 4.69) is 5.32 Å². The fraction of sp³-hybridized carbons (Fsp3) is 0.300. The zero-order chi connectivity index (χ0) is 9.42. The highest BCUT2D eigenvalue weighted by Gasteiger charge is 2.36. The first-order valence-electron chi connectivity index (χ1n) is 4.24. The quantitative estimate of drug-likeness (QED) is 0.652. The van der Waals surface area contributed by atoms with Crippen LogP contribution in [0.1, 0.15) is 18.5 Å². The molecule has 2 nitrogen and oxygen atoms in total. The molecule has 1 N–H and O–H groups in total. The van der Waals surface area contributed by atoms with E-state index < -0.39 is 0 Å². The number of halogens is 1. The van der Waals surface area contributed by atoms with Crippen molar-refractivity contribution in [3.05, 3.63) is 35.6 Å². The molecule has 3 heteroatoms. The molecule has 1 aromatic rings. The lowest BCUT2D eigenvalue weighted by Crippen LogP contribution is -2.49. The van der Waals surface area contributed by atoms with Crippen molar-refractivity contribution in [1.29, 1.82) is 0 Å². The highest BCUT2D eigenvalue weighted by atomic mass is 19.1. The molecule has 2 unspecified atom stereocenters. The van der Waals surface area contributed by atoms with Gasteiger partial charge in [-0.15, -0.1) is 0 Å². The van der Waals surface area contributed by atoms with Gasteiger partial charge >= 0.3 is 0 Å². The number of benzene rings is 1. The van der Waals surface area contributed by atoms with Crippen LogP contribution in [0.4, 0.5) is 4.39 Å². The van der Waals surface area contributed by atoms with Gasteiger partial charge in [0.25, 0.3) is 0 Å². The van der Waals surface area contributed by atoms with Gasteiger partial charge in [0.15, 0.2) is 0 Å². The maximum atomic E-state index is 12.8. The Labute approximate surface area is 75.8 Å². The first-order valence-corrected chi connectivity index (χ1v) is 4.24. The highest BCUT2D eigenvalue weighted by Crippen LogP contribution is 2.29. The Morgan fingerprint density at radius 1 is 1.46 bits per heavy atom. The van der Waals surface area contributed by atoms with Crippen LogP contribution in [-0.4, -0.2) is 5.91 Å². The number of amides is 1. The van der Waals surface area contributed by atoms with Crippen LogP contribution in [0.5, 0.6) is 0 Å². The molecular formula is C10H10FNO. The molecule has 0 spiro atoms. The zero-order valence-corrected chi connectivity index (χ0v) is 7.25. The Morgan fingerprint density at radius 3 is 2.77 bits per heavy atom. The van der Waals surface area contributed by atoms with Crippen molar-refractivity contribution in [1.82, 2.24) is 5.32 Å². The fourth-order valence-corrected chi connectivity index (χ4v) is 1.54. The average molecular weight is 179 g/mol. The minimum absolute atomic E-state index is 0.0109. The van der Waals surface area contributed by atoms with E-state index in [4.69, 9.17) is 0 Å². The molecule has 1 aliphatic rings. The average Bonchev–Trinajstić information content (AvgIpc) is 2.13. The molecule has 68 valence electrons. The number of rotatable bonds is 1. The molecule has 1 amide bonds. The van der Waals surface area contributed by atoms with E-state index in [1.807, 2.05) is 13.0 Å². The maximum absolute atomic E-state index is 12.8. The zero-order valence-electron chi connectivity index (χ0n) is 7.25. The van der Waals surface area contributed by atoms with Crippen molar-refractivity contribution in [3.8, 4) is 0 Å². The topological polar surface area (TPSA) is 29.1 Å². The summed E-state index contributed by atoms with van der Waals surface area (Å²) in [5, 5.41) is 2.73. The Hall–Kier alpha value is -1.38. The molecule has 0 aromatic heterocycles. The summed E-state index contributed by atoms with van der Waals surface area (Å²) in [6, 6.07) is 6.32. The van der Waals surface area contributed by atoms with E-state index in [0.717, 1.165) is 5.56 Å². The molecule has 0 aliphatic carbocycles. The van der Waals surface area contributed by atoms with Gasteiger partial charge in [-0.2, -0.15) is 0 Å². The van der Waals surface area contributed by atoms with Gasteiger partial charge in [-0.1, -0.05) is 19.1 Å². The molecule has 0 saturated carbocycles. The van der Waals surface area contributed by atoms with E-state index in [0.29, 0.717) is 0 Å². The Morgan fingerprint density at radius 2 is 2.23 bits per heavy atom. The normalized spacial score (nSPS) is 26.5. The van der Waals surface area contributed by atoms with Crippen molar-refractivity contribution in [2.24, 2.45) is 5.92 Å². The van der Waals surface area contributed by atoms with Crippen molar-refractivity contribution in [2.75, 3.05) is 0 Å². The molecule has 0 bridgehead atoms. The molecule has 2 rings (SSSR count). The second kappa shape index (κ2) is 2.83. The van der Waals surface area contributed by atoms with Gasteiger partial charge < -0.3 is 5.32 Å². The predicted octanol–water partition coefficient (Wildman–Crippen LogP) is 1.63. The fourth-order valence-electron chi connectivity index (χ4n) is 1.54. The second-order valence-corrected chi connectivity index (χ2v) is 3.33. The number of carbonyl (C=O) groups excluding carboxylic acids is 1. The lowest BCUT2D eigenvalue weighted by atomic mass is 9.87. The van der Waals surface area contributed by atoms with Crippen LogP contribution in [0, 0.1) is 11.7 Å². The molecular weight excluding hydrogens is 169 g/mol. The van der Waals surface area contributed by atoms with Crippen molar-refractivity contribution in [2.45, 2.75) is 13.0 Å². The van der Waals surface area contributed by atoms with Crippen LogP contribution < -0.4 is 5.32 Å². The Kier molecular flexibility index (Phi) is 1.79. The summed E-state index contributed by atoms with van der Waals surface area (Å²) in [5.74, 6) is -0.262. The smallest absolute Gasteiger partial charge is 0.225 e. The predicted molar refractivity (Wildman–Crippen MR) is 46.4 cm³/mol. The first kappa shape index (κ1) is 8.23. The van der Waals surface area contributed by atoms with Crippen LogP contribution in [0.15, 0.2) is 24.3 Å². The number of β-lactam (4-membered cyclic amide) rings is 1. The summed E-state index contributed by atoms with van der Waals surface area (Å²) in [6.45, 7) is 1.84. The SMILES string of the molecule is CC1C(=O)NC1c1cccc(F)c1. The lowest BCUT2D eigenvalue weighted by Gasteiger charge is -2.34. The van der Waals surface area contributed by atoms with Crippen molar-refractivity contribution < 1.29 is 9.18 Å². The summed E-state index contributed by atoms with van der Waals surface area (Å²) in [6.07, 6.45) is 0. The molecule has 1 aromatic carbocycles. The van der Waals surface area contributed by atoms with E-state index in [1.165, 1.54) is 12.1 Å². The third-order valence-corrected chi connectivity index (χ3v) is 2.42. The molecule has 1 saturated heterocycles. The lowest BCUT2D eigenvalue weighted by molar-refractivity contribution is -0.134. The van der Waals surface area contributed by atoms with E-state index in [9.17, 15) is 9.18 Å². The van der Waals surface area contributed by atoms with Crippen LogP contribution in [0.25, 0.3) is 0 Å². The van der Waals surface area contributed by atoms with E-state index >= 15 is 0 Å². The highest BCUT2D eigenvalue weighted by molar-refractivity contribution is 5.85. The minimum atomic E-state index is -0.258. The Balaban J connectivity index is 2.23. The van der Waals surface area contributed by atoms with Gasteiger partial charge in [-0.05, 0) is 17.7 Å². The molecule has 1 heterocycles. The standard InChI is InChI=1S/C10H10FNO/c1-6-9(12-10(6)13)7-3-2-4-8(11)5-7/h2-6,9H,1H3,(H,12,13). The summed E-state index contributed by atoms with van der Waals surface area (Å²) < 4.78 is 12.8. The maximum Gasteiger partial charge on any atom is 0.225 e. The van der Waals surface area contributed by atoms with Gasteiger partial charge in [0.1, 0.15) is 5.82 Å². The number of carbonyl (C=O) groups is 1. The molecule has 1 fully saturated rings. The third kappa shape index (κ3) is 1.30. The van der Waals surface area contributed by atoms with Gasteiger partial charge in [0.05, 0.1) is 12.0 Å². The summed E-state index contributed by atoms with van der Waals surface area (Å²) in [4.78, 5) is 10.9. The summed E-state index contributed by atoms with van der Waals surface area (Å²) >= 11 is 0. The molecule has 1 aliphatic heterocycles. The molecule has 2 atom stereocenters. The minimum Gasteiger partial charge on any atom is -0.348 e. The van der Waals surface area contributed by atoms with E-state index in [-0.39, 0.29) is 23.7 Å². The Bertz CT molecular complexity index is 351. The van der Waals surface area contributed by atoms with Gasteiger partial charge in [0.2, 0.25) is 5.91 Å². The second-order valence-electron chi connectivity index (χ2n) is 3.33.